The summed E-state index contributed by atoms with van der Waals surface area (Å²) in [6.45, 7) is 3.32. The molecule has 0 aliphatic carbocycles. The first kappa shape index (κ1) is 21.5. The Morgan fingerprint density at radius 3 is 1.91 bits per heavy atom. The minimum Gasteiger partial charge on any atom is -0.497 e. The van der Waals surface area contributed by atoms with E-state index in [0.29, 0.717) is 11.4 Å². The lowest BCUT2D eigenvalue weighted by Gasteiger charge is -2.37. The van der Waals surface area contributed by atoms with Gasteiger partial charge in [0.15, 0.2) is 0 Å². The molecule has 1 fully saturated rings. The van der Waals surface area contributed by atoms with E-state index in [1.165, 1.54) is 0 Å². The van der Waals surface area contributed by atoms with Crippen LogP contribution in [-0.4, -0.2) is 59.1 Å². The fraction of sp³-hybridized carbons (Fsp3) is 0.240. The van der Waals surface area contributed by atoms with Crippen LogP contribution >= 0.6 is 0 Å². The number of carbonyl (C=O) groups is 1. The Kier molecular flexibility index (Phi) is 5.55. The zero-order valence-electron chi connectivity index (χ0n) is 18.3. The molecule has 33 heavy (non-hydrogen) atoms. The van der Waals surface area contributed by atoms with Crippen LogP contribution in [0, 0.1) is 0 Å². The minimum absolute atomic E-state index is 0.136. The molecule has 7 nitrogen and oxygen atoms in total. The number of rotatable bonds is 4. The first-order valence-corrected chi connectivity index (χ1v) is 12.3. The monoisotopic (exact) mass is 463 g/mol. The van der Waals surface area contributed by atoms with Crippen LogP contribution in [0.2, 0.25) is 0 Å². The second-order valence-corrected chi connectivity index (χ2v) is 10.0. The normalized spacial score (nSPS) is 17.2. The number of benzene rings is 3. The first-order valence-electron chi connectivity index (χ1n) is 10.9. The Morgan fingerprint density at radius 1 is 0.818 bits per heavy atom. The van der Waals surface area contributed by atoms with Gasteiger partial charge in [0.1, 0.15) is 5.75 Å². The Hall–Kier alpha value is -3.36. The van der Waals surface area contributed by atoms with Crippen molar-refractivity contribution in [2.75, 3.05) is 49.6 Å². The molecule has 0 saturated carbocycles. The van der Waals surface area contributed by atoms with Crippen LogP contribution in [0.5, 0.6) is 5.75 Å². The minimum atomic E-state index is -3.67. The molecule has 2 heterocycles. The molecule has 170 valence electrons. The molecule has 2 aliphatic heterocycles. The summed E-state index contributed by atoms with van der Waals surface area (Å²) in [5, 5.41) is 0. The molecular weight excluding hydrogens is 438 g/mol. The van der Waals surface area contributed by atoms with Crippen molar-refractivity contribution in [2.24, 2.45) is 0 Å². The van der Waals surface area contributed by atoms with E-state index in [4.69, 9.17) is 4.74 Å². The number of nitrogens with zero attached hydrogens (tertiary/aromatic N) is 3. The van der Waals surface area contributed by atoms with Gasteiger partial charge >= 0.3 is 0 Å². The molecule has 3 aromatic carbocycles. The fourth-order valence-corrected chi connectivity index (χ4v) is 6.10. The largest absolute Gasteiger partial charge is 0.497 e. The van der Waals surface area contributed by atoms with E-state index in [-0.39, 0.29) is 22.2 Å². The number of piperazine rings is 1. The van der Waals surface area contributed by atoms with Gasteiger partial charge < -0.3 is 9.64 Å². The van der Waals surface area contributed by atoms with E-state index in [2.05, 4.69) is 9.80 Å². The maximum Gasteiger partial charge on any atom is 0.245 e. The van der Waals surface area contributed by atoms with E-state index < -0.39 is 9.84 Å². The van der Waals surface area contributed by atoms with Gasteiger partial charge in [-0.25, -0.2) is 8.42 Å². The fourth-order valence-electron chi connectivity index (χ4n) is 4.47. The maximum atomic E-state index is 13.5. The van der Waals surface area contributed by atoms with Gasteiger partial charge in [0.2, 0.25) is 15.7 Å². The molecule has 5 rings (SSSR count). The number of methoxy groups -OCH3 is 1. The predicted molar refractivity (Wildman–Crippen MR) is 127 cm³/mol. The molecule has 8 heteroatoms. The highest BCUT2D eigenvalue weighted by Crippen LogP contribution is 2.43. The van der Waals surface area contributed by atoms with Crippen LogP contribution in [0.3, 0.4) is 0 Å². The van der Waals surface area contributed by atoms with Gasteiger partial charge in [-0.05, 0) is 48.5 Å². The molecule has 0 aromatic heterocycles. The van der Waals surface area contributed by atoms with Crippen molar-refractivity contribution in [3.8, 4) is 5.75 Å². The number of para-hydroxylation sites is 2. The van der Waals surface area contributed by atoms with Crippen molar-refractivity contribution in [2.45, 2.75) is 9.79 Å². The maximum absolute atomic E-state index is 13.5. The van der Waals surface area contributed by atoms with E-state index in [0.717, 1.165) is 37.6 Å². The molecular formula is C25H25N3O4S. The standard InChI is InChI=1S/C25H25N3O4S/c1-32-20-12-10-19(11-13-20)27-16-14-26(15-17-27)18-25(29)28-21-6-2-4-8-23(21)33(30,31)24-9-5-3-7-22(24)28/h2-13H,14-18H2,1H3. The summed E-state index contributed by atoms with van der Waals surface area (Å²) < 4.78 is 31.4. The number of fused-ring (bicyclic) bond motifs is 2. The summed E-state index contributed by atoms with van der Waals surface area (Å²) in [6, 6.07) is 21.4. The lowest BCUT2D eigenvalue weighted by Crippen LogP contribution is -2.50. The molecule has 0 N–H and O–H groups in total. The van der Waals surface area contributed by atoms with Gasteiger partial charge in [0.25, 0.3) is 0 Å². The van der Waals surface area contributed by atoms with Crippen molar-refractivity contribution in [1.29, 1.82) is 0 Å². The molecule has 1 amide bonds. The Balaban J connectivity index is 1.34. The number of ether oxygens (including phenoxy) is 1. The zero-order chi connectivity index (χ0) is 23.0. The third-order valence-corrected chi connectivity index (χ3v) is 8.06. The van der Waals surface area contributed by atoms with E-state index in [1.54, 1.807) is 60.5 Å². The average Bonchev–Trinajstić information content (AvgIpc) is 2.85. The van der Waals surface area contributed by atoms with Crippen LogP contribution in [0.15, 0.2) is 82.6 Å². The van der Waals surface area contributed by atoms with E-state index in [9.17, 15) is 13.2 Å². The van der Waals surface area contributed by atoms with Gasteiger partial charge in [-0.2, -0.15) is 0 Å². The predicted octanol–water partition coefficient (Wildman–Crippen LogP) is 3.33. The smallest absolute Gasteiger partial charge is 0.245 e. The number of anilines is 3. The second-order valence-electron chi connectivity index (χ2n) is 8.13. The Bertz CT molecular complexity index is 1230. The van der Waals surface area contributed by atoms with Crippen LogP contribution in [0.1, 0.15) is 0 Å². The second kappa shape index (κ2) is 8.53. The number of sulfone groups is 1. The molecule has 2 aliphatic rings. The van der Waals surface area contributed by atoms with Crippen LogP contribution in [0.25, 0.3) is 0 Å². The van der Waals surface area contributed by atoms with Gasteiger partial charge in [0, 0.05) is 31.9 Å². The topological polar surface area (TPSA) is 70.2 Å². The van der Waals surface area contributed by atoms with Crippen LogP contribution < -0.4 is 14.5 Å². The summed E-state index contributed by atoms with van der Waals surface area (Å²) in [7, 11) is -2.01. The number of hydrogen-bond acceptors (Lipinski definition) is 6. The van der Waals surface area contributed by atoms with Crippen molar-refractivity contribution >= 4 is 32.8 Å². The summed E-state index contributed by atoms with van der Waals surface area (Å²) >= 11 is 0. The Labute approximate surface area is 193 Å². The molecule has 0 unspecified atom stereocenters. The van der Waals surface area contributed by atoms with E-state index in [1.807, 2.05) is 24.3 Å². The Morgan fingerprint density at radius 2 is 1.36 bits per heavy atom. The molecule has 0 bridgehead atoms. The molecule has 0 spiro atoms. The molecule has 3 aromatic rings. The highest BCUT2D eigenvalue weighted by molar-refractivity contribution is 7.92. The summed E-state index contributed by atoms with van der Waals surface area (Å²) in [4.78, 5) is 19.8. The number of hydrogen-bond donors (Lipinski definition) is 0. The first-order chi connectivity index (χ1) is 16.0. The van der Waals surface area contributed by atoms with Gasteiger partial charge in [0.05, 0.1) is 34.8 Å². The third-order valence-electron chi connectivity index (χ3n) is 6.21. The highest BCUT2D eigenvalue weighted by atomic mass is 32.2. The molecule has 1 saturated heterocycles. The number of amides is 1. The summed E-state index contributed by atoms with van der Waals surface area (Å²) in [5.41, 5.74) is 1.96. The van der Waals surface area contributed by atoms with Gasteiger partial charge in [-0.15, -0.1) is 0 Å². The molecule has 0 radical (unpaired) electrons. The van der Waals surface area contributed by atoms with Gasteiger partial charge in [-0.3, -0.25) is 14.6 Å². The zero-order valence-corrected chi connectivity index (χ0v) is 19.2. The van der Waals surface area contributed by atoms with Crippen molar-refractivity contribution in [1.82, 2.24) is 4.90 Å². The van der Waals surface area contributed by atoms with Crippen molar-refractivity contribution in [3.63, 3.8) is 0 Å². The van der Waals surface area contributed by atoms with Crippen LogP contribution in [-0.2, 0) is 14.6 Å². The quantitative estimate of drug-likeness (QED) is 0.591. The highest BCUT2D eigenvalue weighted by Gasteiger charge is 2.37. The average molecular weight is 464 g/mol. The SMILES string of the molecule is COc1ccc(N2CCN(CC(=O)N3c4ccccc4S(=O)(=O)c4ccccc43)CC2)cc1. The molecule has 0 atom stereocenters. The third kappa shape index (κ3) is 3.85. The van der Waals surface area contributed by atoms with Crippen molar-refractivity contribution < 1.29 is 17.9 Å². The van der Waals surface area contributed by atoms with Gasteiger partial charge in [-0.1, -0.05) is 24.3 Å². The number of carbonyl (C=O) groups excluding carboxylic acids is 1. The summed E-state index contributed by atoms with van der Waals surface area (Å²) in [6.07, 6.45) is 0. The lowest BCUT2D eigenvalue weighted by molar-refractivity contribution is -0.119. The van der Waals surface area contributed by atoms with Crippen LogP contribution in [0.4, 0.5) is 17.1 Å². The van der Waals surface area contributed by atoms with E-state index >= 15 is 0 Å². The van der Waals surface area contributed by atoms with Crippen molar-refractivity contribution in [3.05, 3.63) is 72.8 Å². The summed E-state index contributed by atoms with van der Waals surface area (Å²) in [5.74, 6) is 0.690. The lowest BCUT2D eigenvalue weighted by atomic mass is 10.2.